The van der Waals surface area contributed by atoms with Crippen LogP contribution in [0.25, 0.3) is 0 Å². The Balaban J connectivity index is 1.75. The van der Waals surface area contributed by atoms with Crippen molar-refractivity contribution in [1.29, 1.82) is 5.26 Å². The number of ether oxygens (including phenoxy) is 2. The Morgan fingerprint density at radius 1 is 1.30 bits per heavy atom. The molecule has 0 amide bonds. The van der Waals surface area contributed by atoms with Gasteiger partial charge >= 0.3 is 5.97 Å². The van der Waals surface area contributed by atoms with Crippen LogP contribution in [0.15, 0.2) is 30.6 Å². The summed E-state index contributed by atoms with van der Waals surface area (Å²) in [6.07, 6.45) is 6.73. The molecule has 8 heteroatoms. The lowest BCUT2D eigenvalue weighted by Gasteiger charge is -2.38. The minimum Gasteiger partial charge on any atom is -0.468 e. The number of carbonyl (C=O) groups excluding carboxylic acids is 1. The van der Waals surface area contributed by atoms with E-state index in [0.29, 0.717) is 17.6 Å². The lowest BCUT2D eigenvalue weighted by atomic mass is 9.94. The summed E-state index contributed by atoms with van der Waals surface area (Å²) in [7, 11) is 1.44. The SMILES string of the molecule is COC(=O)C1(c2ccc(N(CC(C)C)C3CCOCC3)c(Nc3cnc(C#N)nc3)c2)CC1. The van der Waals surface area contributed by atoms with Crippen LogP contribution in [0.1, 0.15) is 50.9 Å². The van der Waals surface area contributed by atoms with Crippen LogP contribution in [-0.2, 0) is 19.7 Å². The van der Waals surface area contributed by atoms with Crippen molar-refractivity contribution in [1.82, 2.24) is 9.97 Å². The quantitative estimate of drug-likeness (QED) is 0.605. The lowest BCUT2D eigenvalue weighted by molar-refractivity contribution is -0.143. The molecule has 2 heterocycles. The summed E-state index contributed by atoms with van der Waals surface area (Å²) in [5.41, 5.74) is 3.04. The molecule has 1 N–H and O–H groups in total. The monoisotopic (exact) mass is 449 g/mol. The van der Waals surface area contributed by atoms with E-state index in [0.717, 1.165) is 62.4 Å². The van der Waals surface area contributed by atoms with Crippen LogP contribution >= 0.6 is 0 Å². The molecule has 2 aromatic rings. The summed E-state index contributed by atoms with van der Waals surface area (Å²) in [6.45, 7) is 6.87. The van der Waals surface area contributed by atoms with Crippen LogP contribution in [0, 0.1) is 17.2 Å². The Bertz CT molecular complexity index is 1020. The molecule has 0 bridgehead atoms. The summed E-state index contributed by atoms with van der Waals surface area (Å²) in [5.74, 6) is 0.413. The summed E-state index contributed by atoms with van der Waals surface area (Å²) >= 11 is 0. The van der Waals surface area contributed by atoms with Gasteiger partial charge in [-0.2, -0.15) is 5.26 Å². The second-order valence-electron chi connectivity index (χ2n) is 9.23. The van der Waals surface area contributed by atoms with Crippen molar-refractivity contribution < 1.29 is 14.3 Å². The summed E-state index contributed by atoms with van der Waals surface area (Å²) in [6, 6.07) is 8.56. The molecule has 0 spiro atoms. The Morgan fingerprint density at radius 2 is 2.00 bits per heavy atom. The molecular formula is C25H31N5O3. The molecule has 0 radical (unpaired) electrons. The fourth-order valence-electron chi connectivity index (χ4n) is 4.56. The maximum atomic E-state index is 12.5. The minimum absolute atomic E-state index is 0.126. The molecule has 0 unspecified atom stereocenters. The smallest absolute Gasteiger partial charge is 0.316 e. The van der Waals surface area contributed by atoms with Gasteiger partial charge in [-0.15, -0.1) is 0 Å². The Kier molecular flexibility index (Phi) is 6.80. The van der Waals surface area contributed by atoms with Crippen LogP contribution < -0.4 is 10.2 Å². The van der Waals surface area contributed by atoms with E-state index in [2.05, 4.69) is 52.2 Å². The van der Waals surface area contributed by atoms with E-state index in [-0.39, 0.29) is 11.8 Å². The molecule has 1 aromatic heterocycles. The van der Waals surface area contributed by atoms with Crippen molar-refractivity contribution in [2.75, 3.05) is 37.1 Å². The number of rotatable bonds is 8. The fraction of sp³-hybridized carbons (Fsp3) is 0.520. The van der Waals surface area contributed by atoms with Crippen LogP contribution in [0.5, 0.6) is 0 Å². The number of aromatic nitrogens is 2. The number of nitrogens with zero attached hydrogens (tertiary/aromatic N) is 4. The summed E-state index contributed by atoms with van der Waals surface area (Å²) < 4.78 is 10.7. The van der Waals surface area contributed by atoms with E-state index < -0.39 is 5.41 Å². The number of anilines is 3. The van der Waals surface area contributed by atoms with E-state index in [4.69, 9.17) is 14.7 Å². The maximum absolute atomic E-state index is 12.5. The molecule has 1 aliphatic heterocycles. The highest BCUT2D eigenvalue weighted by molar-refractivity contribution is 5.88. The lowest BCUT2D eigenvalue weighted by Crippen LogP contribution is -2.42. The Labute approximate surface area is 194 Å². The molecule has 1 saturated heterocycles. The second kappa shape index (κ2) is 9.75. The van der Waals surface area contributed by atoms with Crippen LogP contribution in [0.4, 0.5) is 17.1 Å². The third-order valence-electron chi connectivity index (χ3n) is 6.41. The number of nitrogens with one attached hydrogen (secondary N) is 1. The first-order valence-electron chi connectivity index (χ1n) is 11.5. The number of carbonyl (C=O) groups is 1. The first-order chi connectivity index (χ1) is 16.0. The fourth-order valence-corrected chi connectivity index (χ4v) is 4.56. The molecule has 1 aliphatic carbocycles. The van der Waals surface area contributed by atoms with Gasteiger partial charge in [0.2, 0.25) is 5.82 Å². The van der Waals surface area contributed by atoms with Gasteiger partial charge < -0.3 is 19.7 Å². The zero-order chi connectivity index (χ0) is 23.4. The highest BCUT2D eigenvalue weighted by atomic mass is 16.5. The highest BCUT2D eigenvalue weighted by Gasteiger charge is 2.52. The largest absolute Gasteiger partial charge is 0.468 e. The molecule has 1 saturated carbocycles. The van der Waals surface area contributed by atoms with Crippen molar-refractivity contribution >= 4 is 23.0 Å². The van der Waals surface area contributed by atoms with E-state index in [1.54, 1.807) is 12.4 Å². The molecule has 8 nitrogen and oxygen atoms in total. The number of benzene rings is 1. The van der Waals surface area contributed by atoms with Crippen molar-refractivity contribution in [2.24, 2.45) is 5.92 Å². The van der Waals surface area contributed by atoms with Crippen molar-refractivity contribution in [3.8, 4) is 6.07 Å². The van der Waals surface area contributed by atoms with Crippen LogP contribution in [0.3, 0.4) is 0 Å². The average molecular weight is 450 g/mol. The molecule has 33 heavy (non-hydrogen) atoms. The van der Waals surface area contributed by atoms with Gasteiger partial charge in [0, 0.05) is 25.8 Å². The first kappa shape index (κ1) is 23.0. The number of hydrogen-bond acceptors (Lipinski definition) is 8. The van der Waals surface area contributed by atoms with Gasteiger partial charge in [0.25, 0.3) is 0 Å². The van der Waals surface area contributed by atoms with E-state index >= 15 is 0 Å². The Hall–Kier alpha value is -3.18. The van der Waals surface area contributed by atoms with Gasteiger partial charge in [-0.05, 0) is 49.3 Å². The number of nitriles is 1. The van der Waals surface area contributed by atoms with E-state index in [1.807, 2.05) is 6.07 Å². The normalized spacial score (nSPS) is 17.3. The zero-order valence-corrected chi connectivity index (χ0v) is 19.5. The number of hydrogen-bond donors (Lipinski definition) is 1. The second-order valence-corrected chi connectivity index (χ2v) is 9.23. The van der Waals surface area contributed by atoms with Gasteiger partial charge in [0.15, 0.2) is 0 Å². The molecule has 1 aromatic carbocycles. The van der Waals surface area contributed by atoms with E-state index in [1.165, 1.54) is 7.11 Å². The van der Waals surface area contributed by atoms with Crippen molar-refractivity contribution in [2.45, 2.75) is 51.0 Å². The summed E-state index contributed by atoms with van der Waals surface area (Å²) in [4.78, 5) is 23.2. The summed E-state index contributed by atoms with van der Waals surface area (Å²) in [5, 5.41) is 12.5. The minimum atomic E-state index is -0.563. The molecule has 0 atom stereocenters. The van der Waals surface area contributed by atoms with Gasteiger partial charge in [-0.1, -0.05) is 19.9 Å². The van der Waals surface area contributed by atoms with Crippen molar-refractivity contribution in [3.63, 3.8) is 0 Å². The standard InChI is InChI=1S/C25H31N5O3/c1-17(2)16-30(20-6-10-33-11-7-20)22-5-4-18(25(8-9-25)24(31)32-3)12-21(22)29-19-14-27-23(13-26)28-15-19/h4-5,12,14-15,17,20,29H,6-11,16H2,1-3H3. The third-order valence-corrected chi connectivity index (χ3v) is 6.41. The van der Waals surface area contributed by atoms with Gasteiger partial charge in [-0.3, -0.25) is 4.79 Å². The van der Waals surface area contributed by atoms with Gasteiger partial charge in [-0.25, -0.2) is 9.97 Å². The molecule has 2 fully saturated rings. The third kappa shape index (κ3) is 4.93. The molecule has 2 aliphatic rings. The molecular weight excluding hydrogens is 418 g/mol. The molecule has 174 valence electrons. The zero-order valence-electron chi connectivity index (χ0n) is 19.5. The van der Waals surface area contributed by atoms with Gasteiger partial charge in [0.05, 0.1) is 42.0 Å². The maximum Gasteiger partial charge on any atom is 0.316 e. The predicted octanol–water partition coefficient (Wildman–Crippen LogP) is 3.94. The van der Waals surface area contributed by atoms with Crippen LogP contribution in [0.2, 0.25) is 0 Å². The number of esters is 1. The van der Waals surface area contributed by atoms with Crippen LogP contribution in [-0.4, -0.2) is 48.8 Å². The predicted molar refractivity (Wildman–Crippen MR) is 125 cm³/mol. The highest BCUT2D eigenvalue weighted by Crippen LogP contribution is 2.50. The van der Waals surface area contributed by atoms with E-state index in [9.17, 15) is 4.79 Å². The average Bonchev–Trinajstić information content (AvgIpc) is 3.65. The number of methoxy groups -OCH3 is 1. The molecule has 4 rings (SSSR count). The topological polar surface area (TPSA) is 100 Å². The van der Waals surface area contributed by atoms with Crippen molar-refractivity contribution in [3.05, 3.63) is 42.0 Å². The van der Waals surface area contributed by atoms with Gasteiger partial charge in [0.1, 0.15) is 6.07 Å². The Morgan fingerprint density at radius 3 is 2.58 bits per heavy atom. The first-order valence-corrected chi connectivity index (χ1v) is 11.5.